The highest BCUT2D eigenvalue weighted by Crippen LogP contribution is 2.50. The van der Waals surface area contributed by atoms with Crippen LogP contribution in [-0.4, -0.2) is 0 Å². The van der Waals surface area contributed by atoms with E-state index in [0.29, 0.717) is 0 Å². The van der Waals surface area contributed by atoms with Crippen LogP contribution in [0.2, 0.25) is 0 Å². The molecule has 0 atom stereocenters. The summed E-state index contributed by atoms with van der Waals surface area (Å²) in [6.45, 7) is 0. The molecule has 286 valence electrons. The number of benzene rings is 10. The summed E-state index contributed by atoms with van der Waals surface area (Å²) in [5.74, 6) is 0. The smallest absolute Gasteiger partial charge is 0.135 e. The van der Waals surface area contributed by atoms with E-state index in [9.17, 15) is 0 Å². The number of hydrogen-bond acceptors (Lipinski definition) is 3. The van der Waals surface area contributed by atoms with Crippen molar-refractivity contribution in [2.45, 2.75) is 0 Å². The summed E-state index contributed by atoms with van der Waals surface area (Å²) < 4.78 is 8.71. The van der Waals surface area contributed by atoms with Crippen LogP contribution in [0.5, 0.6) is 0 Å². The van der Waals surface area contributed by atoms with Crippen LogP contribution in [0.4, 0.5) is 17.1 Å². The van der Waals surface area contributed by atoms with Crippen LogP contribution in [0.1, 0.15) is 0 Å². The fourth-order valence-electron chi connectivity index (χ4n) is 8.99. The van der Waals surface area contributed by atoms with Crippen LogP contribution in [0, 0.1) is 0 Å². The number of thiophene rings is 1. The Labute approximate surface area is 357 Å². The third kappa shape index (κ3) is 6.18. The summed E-state index contributed by atoms with van der Waals surface area (Å²) in [5, 5.41) is 7.32. The van der Waals surface area contributed by atoms with Gasteiger partial charge >= 0.3 is 0 Å². The van der Waals surface area contributed by atoms with Gasteiger partial charge in [-0.2, -0.15) is 0 Å². The largest absolute Gasteiger partial charge is 0.456 e. The molecule has 0 bridgehead atoms. The molecule has 0 saturated heterocycles. The lowest BCUT2D eigenvalue weighted by molar-refractivity contribution is 0.669. The van der Waals surface area contributed by atoms with Gasteiger partial charge in [-0.1, -0.05) is 170 Å². The molecule has 0 spiro atoms. The lowest BCUT2D eigenvalue weighted by Gasteiger charge is -2.29. The number of para-hydroxylation sites is 1. The van der Waals surface area contributed by atoms with Gasteiger partial charge in [-0.25, -0.2) is 0 Å². The predicted molar refractivity (Wildman–Crippen MR) is 261 cm³/mol. The number of nitrogens with zero attached hydrogens (tertiary/aromatic N) is 1. The molecule has 0 amide bonds. The zero-order valence-electron chi connectivity index (χ0n) is 33.1. The summed E-state index contributed by atoms with van der Waals surface area (Å²) >= 11 is 1.87. The van der Waals surface area contributed by atoms with Gasteiger partial charge in [-0.15, -0.1) is 11.3 Å². The van der Waals surface area contributed by atoms with Crippen molar-refractivity contribution >= 4 is 81.3 Å². The minimum absolute atomic E-state index is 0.905. The molecule has 0 aliphatic carbocycles. The monoisotopic (exact) mass is 795 g/mol. The van der Waals surface area contributed by atoms with Gasteiger partial charge in [0.1, 0.15) is 11.2 Å². The lowest BCUT2D eigenvalue weighted by atomic mass is 9.97. The fourth-order valence-corrected chi connectivity index (χ4v) is 10.2. The topological polar surface area (TPSA) is 16.4 Å². The van der Waals surface area contributed by atoms with Crippen molar-refractivity contribution in [2.75, 3.05) is 4.90 Å². The summed E-state index contributed by atoms with van der Waals surface area (Å²) in [4.78, 5) is 2.46. The van der Waals surface area contributed by atoms with Crippen LogP contribution in [0.3, 0.4) is 0 Å². The highest BCUT2D eigenvalue weighted by atomic mass is 32.1. The standard InChI is InChI=1S/C58H37NOS/c1-2-11-43(12-3-1)49-33-34-52-51-15-7-9-17-56(51)61-58(52)57(49)59(48-31-26-42(27-32-48)46-28-35-55-53(37-46)50-14-6-8-16-54(50)60-55)47-29-24-40(25-30-47)39-18-20-41(21-19-39)45-23-22-38-10-4-5-13-44(38)36-45/h1-37H. The SMILES string of the molecule is c1ccc(-c2ccc3c(sc4ccccc43)c2N(c2ccc(-c3ccc(-c4ccc5ccccc5c4)cc3)cc2)c2ccc(-c3ccc4oc5ccccc5c4c3)cc2)cc1. The molecule has 0 radical (unpaired) electrons. The van der Waals surface area contributed by atoms with Crippen molar-refractivity contribution in [3.05, 3.63) is 224 Å². The third-order valence-corrected chi connectivity index (χ3v) is 13.3. The second-order valence-electron chi connectivity index (χ2n) is 15.7. The highest BCUT2D eigenvalue weighted by Gasteiger charge is 2.23. The van der Waals surface area contributed by atoms with E-state index in [-0.39, 0.29) is 0 Å². The van der Waals surface area contributed by atoms with Gasteiger partial charge in [0.25, 0.3) is 0 Å². The molecular formula is C58H37NOS. The van der Waals surface area contributed by atoms with Gasteiger partial charge in [0, 0.05) is 43.2 Å². The second kappa shape index (κ2) is 14.5. The van der Waals surface area contributed by atoms with Gasteiger partial charge < -0.3 is 9.32 Å². The van der Waals surface area contributed by atoms with E-state index in [1.54, 1.807) is 0 Å². The van der Waals surface area contributed by atoms with Gasteiger partial charge in [-0.05, 0) is 104 Å². The number of anilines is 3. The van der Waals surface area contributed by atoms with E-state index in [1.807, 2.05) is 23.5 Å². The summed E-state index contributed by atoms with van der Waals surface area (Å²) in [5.41, 5.74) is 14.7. The Morgan fingerprint density at radius 1 is 0.328 bits per heavy atom. The van der Waals surface area contributed by atoms with Gasteiger partial charge in [-0.3, -0.25) is 0 Å². The number of hydrogen-bond donors (Lipinski definition) is 0. The van der Waals surface area contributed by atoms with E-state index < -0.39 is 0 Å². The van der Waals surface area contributed by atoms with Crippen LogP contribution < -0.4 is 4.90 Å². The maximum atomic E-state index is 6.16. The van der Waals surface area contributed by atoms with Crippen LogP contribution in [-0.2, 0) is 0 Å². The van der Waals surface area contributed by atoms with Crippen LogP contribution in [0.15, 0.2) is 229 Å². The molecule has 0 saturated carbocycles. The first-order valence-corrected chi connectivity index (χ1v) is 21.5. The van der Waals surface area contributed by atoms with E-state index in [0.717, 1.165) is 44.4 Å². The molecule has 2 heterocycles. The quantitative estimate of drug-likeness (QED) is 0.160. The minimum atomic E-state index is 0.905. The molecule has 10 aromatic carbocycles. The molecule has 12 aromatic rings. The molecule has 61 heavy (non-hydrogen) atoms. The molecular weight excluding hydrogens is 759 g/mol. The van der Waals surface area contributed by atoms with Gasteiger partial charge in [0.05, 0.1) is 10.4 Å². The fraction of sp³-hybridized carbons (Fsp3) is 0. The summed E-state index contributed by atoms with van der Waals surface area (Å²) in [7, 11) is 0. The molecule has 2 aromatic heterocycles. The Bertz CT molecular complexity index is 3560. The zero-order chi connectivity index (χ0) is 40.3. The van der Waals surface area contributed by atoms with Crippen molar-refractivity contribution in [1.29, 1.82) is 0 Å². The average Bonchev–Trinajstić information content (AvgIpc) is 3.91. The lowest BCUT2D eigenvalue weighted by Crippen LogP contribution is -2.11. The summed E-state index contributed by atoms with van der Waals surface area (Å²) in [6.07, 6.45) is 0. The molecule has 3 heteroatoms. The molecule has 0 unspecified atom stereocenters. The van der Waals surface area contributed by atoms with Crippen molar-refractivity contribution in [3.8, 4) is 44.5 Å². The molecule has 0 aliphatic heterocycles. The Hall–Kier alpha value is -7.72. The van der Waals surface area contributed by atoms with Crippen molar-refractivity contribution < 1.29 is 4.42 Å². The predicted octanol–water partition coefficient (Wildman–Crippen LogP) is 17.2. The average molecular weight is 796 g/mol. The Morgan fingerprint density at radius 3 is 1.61 bits per heavy atom. The normalized spacial score (nSPS) is 11.6. The first-order valence-electron chi connectivity index (χ1n) is 20.7. The van der Waals surface area contributed by atoms with E-state index in [2.05, 4.69) is 217 Å². The molecule has 0 aliphatic rings. The molecule has 12 rings (SSSR count). The first kappa shape index (κ1) is 35.2. The summed E-state index contributed by atoms with van der Waals surface area (Å²) in [6, 6.07) is 81.3. The first-order chi connectivity index (χ1) is 30.2. The molecule has 0 fully saturated rings. The third-order valence-electron chi connectivity index (χ3n) is 12.1. The van der Waals surface area contributed by atoms with Crippen LogP contribution >= 0.6 is 11.3 Å². The van der Waals surface area contributed by atoms with E-state index in [1.165, 1.54) is 70.0 Å². The molecule has 0 N–H and O–H groups in total. The van der Waals surface area contributed by atoms with E-state index in [4.69, 9.17) is 4.42 Å². The van der Waals surface area contributed by atoms with Crippen LogP contribution in [0.25, 0.3) is 97.4 Å². The Kier molecular flexibility index (Phi) is 8.39. The molecule has 2 nitrogen and oxygen atoms in total. The van der Waals surface area contributed by atoms with Crippen molar-refractivity contribution in [3.63, 3.8) is 0 Å². The number of furan rings is 1. The van der Waals surface area contributed by atoms with Crippen molar-refractivity contribution in [2.24, 2.45) is 0 Å². The van der Waals surface area contributed by atoms with E-state index >= 15 is 0 Å². The Balaban J connectivity index is 0.983. The minimum Gasteiger partial charge on any atom is -0.456 e. The van der Waals surface area contributed by atoms with Gasteiger partial charge in [0.15, 0.2) is 0 Å². The number of rotatable bonds is 7. The zero-order valence-corrected chi connectivity index (χ0v) is 33.9. The second-order valence-corrected chi connectivity index (χ2v) is 16.7. The Morgan fingerprint density at radius 2 is 0.869 bits per heavy atom. The highest BCUT2D eigenvalue weighted by molar-refractivity contribution is 7.26. The maximum Gasteiger partial charge on any atom is 0.135 e. The van der Waals surface area contributed by atoms with Crippen molar-refractivity contribution in [1.82, 2.24) is 0 Å². The number of fused-ring (bicyclic) bond motifs is 7. The van der Waals surface area contributed by atoms with Gasteiger partial charge in [0.2, 0.25) is 0 Å². The maximum absolute atomic E-state index is 6.16.